The van der Waals surface area contributed by atoms with Gasteiger partial charge in [-0.25, -0.2) is 5.32 Å². The molecule has 4 nitrogen and oxygen atoms in total. The number of rotatable bonds is 2. The molecule has 1 atom stereocenters. The first kappa shape index (κ1) is 8.72. The smallest absolute Gasteiger partial charge is 0.0762 e. The highest BCUT2D eigenvalue weighted by Gasteiger charge is 2.18. The van der Waals surface area contributed by atoms with Crippen molar-refractivity contribution in [2.75, 3.05) is 19.6 Å². The van der Waals surface area contributed by atoms with Crippen LogP contribution in [0.1, 0.15) is 12.6 Å². The van der Waals surface area contributed by atoms with Crippen LogP contribution in [0.15, 0.2) is 12.3 Å². The second-order valence-corrected chi connectivity index (χ2v) is 3.51. The van der Waals surface area contributed by atoms with Crippen molar-refractivity contribution in [3.05, 3.63) is 18.0 Å². The summed E-state index contributed by atoms with van der Waals surface area (Å²) in [6.07, 6.45) is 1.87. The summed E-state index contributed by atoms with van der Waals surface area (Å²) in [4.78, 5) is 2.42. The molecule has 71 valence electrons. The van der Waals surface area contributed by atoms with Crippen molar-refractivity contribution >= 4 is 0 Å². The molecule has 1 saturated heterocycles. The Bertz CT molecular complexity index is 244. The molecule has 0 saturated carbocycles. The number of H-pyrrole nitrogens is 1. The number of piperazine rings is 1. The fourth-order valence-corrected chi connectivity index (χ4v) is 1.64. The fraction of sp³-hybridized carbons (Fsp3) is 0.667. The maximum atomic E-state index is 4.37. The van der Waals surface area contributed by atoms with Gasteiger partial charge in [0.15, 0.2) is 0 Å². The van der Waals surface area contributed by atoms with Crippen LogP contribution in [-0.2, 0) is 6.54 Å². The molecule has 1 aliphatic rings. The van der Waals surface area contributed by atoms with Crippen LogP contribution < -0.4 is 5.32 Å². The summed E-state index contributed by atoms with van der Waals surface area (Å²) in [5.41, 5.74) is 1.12. The molecular formula is C9H15N4. The molecule has 1 aliphatic heterocycles. The molecule has 1 aromatic rings. The van der Waals surface area contributed by atoms with E-state index in [0.717, 1.165) is 31.9 Å². The third-order valence-corrected chi connectivity index (χ3v) is 2.49. The zero-order chi connectivity index (χ0) is 9.10. The van der Waals surface area contributed by atoms with Gasteiger partial charge in [-0.15, -0.1) is 0 Å². The van der Waals surface area contributed by atoms with Crippen LogP contribution in [0.25, 0.3) is 0 Å². The quantitative estimate of drug-likeness (QED) is 0.706. The largest absolute Gasteiger partial charge is 0.292 e. The topological polar surface area (TPSA) is 46.0 Å². The van der Waals surface area contributed by atoms with E-state index >= 15 is 0 Å². The zero-order valence-corrected chi connectivity index (χ0v) is 7.90. The third-order valence-electron chi connectivity index (χ3n) is 2.49. The van der Waals surface area contributed by atoms with Crippen LogP contribution in [0.5, 0.6) is 0 Å². The highest BCUT2D eigenvalue weighted by Crippen LogP contribution is 2.07. The van der Waals surface area contributed by atoms with Crippen LogP contribution in [0.4, 0.5) is 0 Å². The summed E-state index contributed by atoms with van der Waals surface area (Å²) >= 11 is 0. The van der Waals surface area contributed by atoms with Gasteiger partial charge in [0.2, 0.25) is 0 Å². The predicted molar refractivity (Wildman–Crippen MR) is 50.3 cm³/mol. The van der Waals surface area contributed by atoms with E-state index in [-0.39, 0.29) is 0 Å². The Balaban J connectivity index is 1.93. The summed E-state index contributed by atoms with van der Waals surface area (Å²) in [6.45, 7) is 6.16. The maximum Gasteiger partial charge on any atom is 0.0762 e. The van der Waals surface area contributed by atoms with Crippen molar-refractivity contribution in [3.8, 4) is 0 Å². The number of nitrogens with one attached hydrogen (secondary N) is 1. The average molecular weight is 179 g/mol. The Kier molecular flexibility index (Phi) is 2.61. The van der Waals surface area contributed by atoms with Crippen molar-refractivity contribution < 1.29 is 0 Å². The van der Waals surface area contributed by atoms with Gasteiger partial charge in [-0.3, -0.25) is 10.00 Å². The van der Waals surface area contributed by atoms with Gasteiger partial charge in [0, 0.05) is 38.4 Å². The molecule has 13 heavy (non-hydrogen) atoms. The molecule has 1 N–H and O–H groups in total. The maximum absolute atomic E-state index is 4.37. The summed E-state index contributed by atoms with van der Waals surface area (Å²) in [5, 5.41) is 11.3. The number of aromatic amines is 1. The lowest BCUT2D eigenvalue weighted by atomic mass is 10.2. The van der Waals surface area contributed by atoms with Crippen molar-refractivity contribution in [3.63, 3.8) is 0 Å². The van der Waals surface area contributed by atoms with E-state index in [4.69, 9.17) is 0 Å². The van der Waals surface area contributed by atoms with Crippen LogP contribution >= 0.6 is 0 Å². The minimum absolute atomic E-state index is 0.561. The van der Waals surface area contributed by atoms with E-state index in [2.05, 4.69) is 27.3 Å². The lowest BCUT2D eigenvalue weighted by molar-refractivity contribution is 0.161. The van der Waals surface area contributed by atoms with Crippen LogP contribution in [0.2, 0.25) is 0 Å². The molecule has 2 rings (SSSR count). The normalized spacial score (nSPS) is 24.8. The number of hydrogen-bond acceptors (Lipinski definition) is 2. The minimum atomic E-state index is 0.561. The van der Waals surface area contributed by atoms with E-state index in [1.54, 1.807) is 0 Å². The molecule has 2 heterocycles. The Morgan fingerprint density at radius 1 is 1.69 bits per heavy atom. The molecule has 1 fully saturated rings. The van der Waals surface area contributed by atoms with Crippen molar-refractivity contribution in [2.24, 2.45) is 0 Å². The van der Waals surface area contributed by atoms with Crippen molar-refractivity contribution in [1.82, 2.24) is 20.4 Å². The lowest BCUT2D eigenvalue weighted by Gasteiger charge is -2.32. The second-order valence-electron chi connectivity index (χ2n) is 3.51. The fourth-order valence-electron chi connectivity index (χ4n) is 1.64. The van der Waals surface area contributed by atoms with Gasteiger partial charge in [-0.05, 0) is 13.0 Å². The number of nitrogens with zero attached hydrogens (tertiary/aromatic N) is 3. The first-order valence-corrected chi connectivity index (χ1v) is 4.72. The number of aromatic nitrogens is 2. The molecule has 1 radical (unpaired) electrons. The molecule has 0 aromatic carbocycles. The Morgan fingerprint density at radius 3 is 3.31 bits per heavy atom. The SMILES string of the molecule is CC1C[N]CCN1Cc1cc[nH]n1. The van der Waals surface area contributed by atoms with E-state index in [1.165, 1.54) is 0 Å². The van der Waals surface area contributed by atoms with Gasteiger partial charge in [-0.2, -0.15) is 5.10 Å². The van der Waals surface area contributed by atoms with Crippen LogP contribution in [0, 0.1) is 0 Å². The van der Waals surface area contributed by atoms with Gasteiger partial charge in [0.05, 0.1) is 5.69 Å². The van der Waals surface area contributed by atoms with Gasteiger partial charge in [0.1, 0.15) is 0 Å². The van der Waals surface area contributed by atoms with E-state index in [0.29, 0.717) is 6.04 Å². The van der Waals surface area contributed by atoms with Crippen LogP contribution in [0.3, 0.4) is 0 Å². The molecule has 0 spiro atoms. The van der Waals surface area contributed by atoms with Gasteiger partial charge in [-0.1, -0.05) is 0 Å². The Morgan fingerprint density at radius 2 is 2.62 bits per heavy atom. The molecule has 0 amide bonds. The van der Waals surface area contributed by atoms with E-state index < -0.39 is 0 Å². The predicted octanol–water partition coefficient (Wildman–Crippen LogP) is 0.218. The first-order chi connectivity index (χ1) is 6.36. The van der Waals surface area contributed by atoms with Crippen molar-refractivity contribution in [2.45, 2.75) is 19.5 Å². The first-order valence-electron chi connectivity index (χ1n) is 4.72. The van der Waals surface area contributed by atoms with Gasteiger partial charge in [0.25, 0.3) is 0 Å². The molecule has 0 bridgehead atoms. The molecule has 0 aliphatic carbocycles. The molecular weight excluding hydrogens is 164 g/mol. The third kappa shape index (κ3) is 2.08. The summed E-state index contributed by atoms with van der Waals surface area (Å²) in [6, 6.07) is 2.59. The summed E-state index contributed by atoms with van der Waals surface area (Å²) in [5.74, 6) is 0. The van der Waals surface area contributed by atoms with E-state index in [1.807, 2.05) is 12.3 Å². The highest BCUT2D eigenvalue weighted by molar-refractivity contribution is 4.98. The molecule has 4 heteroatoms. The van der Waals surface area contributed by atoms with Gasteiger partial charge >= 0.3 is 0 Å². The standard InChI is InChI=1S/C9H15N4/c1-8-6-10-4-5-13(8)7-9-2-3-11-12-9/h2-3,8H,4-7H2,1H3,(H,11,12). The van der Waals surface area contributed by atoms with Gasteiger partial charge < -0.3 is 0 Å². The summed E-state index contributed by atoms with van der Waals surface area (Å²) < 4.78 is 0. The van der Waals surface area contributed by atoms with Crippen molar-refractivity contribution in [1.29, 1.82) is 0 Å². The lowest BCUT2D eigenvalue weighted by Crippen LogP contribution is -2.46. The summed E-state index contributed by atoms with van der Waals surface area (Å²) in [7, 11) is 0. The number of hydrogen-bond donors (Lipinski definition) is 1. The van der Waals surface area contributed by atoms with Crippen LogP contribution in [-0.4, -0.2) is 40.8 Å². The highest BCUT2D eigenvalue weighted by atomic mass is 15.2. The van der Waals surface area contributed by atoms with E-state index in [9.17, 15) is 0 Å². The minimum Gasteiger partial charge on any atom is -0.292 e. The second kappa shape index (κ2) is 3.89. The zero-order valence-electron chi connectivity index (χ0n) is 7.90. The average Bonchev–Trinajstić information content (AvgIpc) is 2.61. The monoisotopic (exact) mass is 179 g/mol. The Hall–Kier alpha value is -0.870. The Labute approximate surface area is 78.3 Å². The molecule has 1 unspecified atom stereocenters. The molecule has 1 aromatic heterocycles.